The van der Waals surface area contributed by atoms with E-state index >= 15 is 0 Å². The molecule has 1 atom stereocenters. The Labute approximate surface area is 96.2 Å². The molecule has 1 aromatic rings. The van der Waals surface area contributed by atoms with Crippen molar-refractivity contribution in [1.82, 2.24) is 15.0 Å². The zero-order valence-corrected chi connectivity index (χ0v) is 9.53. The molecule has 1 N–H and O–H groups in total. The van der Waals surface area contributed by atoms with E-state index in [4.69, 9.17) is 9.84 Å². The van der Waals surface area contributed by atoms with E-state index in [1.807, 2.05) is 0 Å². The minimum atomic E-state index is -4.59. The molecule has 1 unspecified atom stereocenters. The molecule has 8 heteroatoms. The lowest BCUT2D eigenvalue weighted by Gasteiger charge is -2.18. The number of aliphatic hydroxyl groups is 1. The Kier molecular flexibility index (Phi) is 4.47. The van der Waals surface area contributed by atoms with Gasteiger partial charge in [0.1, 0.15) is 5.69 Å². The summed E-state index contributed by atoms with van der Waals surface area (Å²) in [6.45, 7) is 1.04. The fourth-order valence-electron chi connectivity index (χ4n) is 1.54. The third kappa shape index (κ3) is 2.95. The van der Waals surface area contributed by atoms with Gasteiger partial charge in [-0.25, -0.2) is 4.68 Å². The molecule has 1 aromatic heterocycles. The summed E-state index contributed by atoms with van der Waals surface area (Å²) >= 11 is 0. The van der Waals surface area contributed by atoms with Crippen LogP contribution in [0.3, 0.4) is 0 Å². The van der Waals surface area contributed by atoms with Gasteiger partial charge in [-0.1, -0.05) is 12.1 Å². The second kappa shape index (κ2) is 5.46. The van der Waals surface area contributed by atoms with E-state index in [0.29, 0.717) is 6.42 Å². The first-order valence-electron chi connectivity index (χ1n) is 5.06. The van der Waals surface area contributed by atoms with E-state index in [0.717, 1.165) is 4.68 Å². The molecule has 0 aromatic carbocycles. The topological polar surface area (TPSA) is 60.2 Å². The van der Waals surface area contributed by atoms with Crippen molar-refractivity contribution < 1.29 is 23.0 Å². The van der Waals surface area contributed by atoms with Crippen LogP contribution in [-0.2, 0) is 17.5 Å². The molecule has 17 heavy (non-hydrogen) atoms. The Morgan fingerprint density at radius 2 is 2.12 bits per heavy atom. The molecule has 5 nitrogen and oxygen atoms in total. The van der Waals surface area contributed by atoms with Crippen molar-refractivity contribution in [2.45, 2.75) is 32.2 Å². The summed E-state index contributed by atoms with van der Waals surface area (Å²) in [6.07, 6.45) is -4.17. The lowest BCUT2D eigenvalue weighted by Crippen LogP contribution is -2.23. The lowest BCUT2D eigenvalue weighted by atomic mass is 10.2. The van der Waals surface area contributed by atoms with Crippen molar-refractivity contribution in [2.24, 2.45) is 0 Å². The highest BCUT2D eigenvalue weighted by Gasteiger charge is 2.40. The van der Waals surface area contributed by atoms with Crippen LogP contribution >= 0.6 is 0 Å². The Morgan fingerprint density at radius 3 is 2.53 bits per heavy atom. The van der Waals surface area contributed by atoms with Crippen molar-refractivity contribution in [3.63, 3.8) is 0 Å². The normalized spacial score (nSPS) is 14.0. The third-order valence-corrected chi connectivity index (χ3v) is 2.36. The van der Waals surface area contributed by atoms with Gasteiger partial charge in [0.15, 0.2) is 5.69 Å². The SMILES string of the molecule is CCC(COC)n1nnc(CO)c1C(F)(F)F. The molecule has 0 aliphatic heterocycles. The number of hydrogen-bond donors (Lipinski definition) is 1. The average Bonchev–Trinajstić information content (AvgIpc) is 2.68. The van der Waals surface area contributed by atoms with Crippen LogP contribution in [0.25, 0.3) is 0 Å². The van der Waals surface area contributed by atoms with Crippen LogP contribution in [0.5, 0.6) is 0 Å². The highest BCUT2D eigenvalue weighted by atomic mass is 19.4. The van der Waals surface area contributed by atoms with Crippen molar-refractivity contribution in [1.29, 1.82) is 0 Å². The third-order valence-electron chi connectivity index (χ3n) is 2.36. The van der Waals surface area contributed by atoms with Crippen LogP contribution in [0, 0.1) is 0 Å². The standard InChI is InChI=1S/C9H14F3N3O2/c1-3-6(5-17-2)15-8(9(10,11)12)7(4-16)13-14-15/h6,16H,3-5H2,1-2H3. The summed E-state index contributed by atoms with van der Waals surface area (Å²) in [5.74, 6) is 0. The Balaban J connectivity index is 3.19. The van der Waals surface area contributed by atoms with Crippen molar-refractivity contribution in [3.05, 3.63) is 11.4 Å². The number of aliphatic hydroxyl groups excluding tert-OH is 1. The number of ether oxygens (including phenoxy) is 1. The summed E-state index contributed by atoms with van der Waals surface area (Å²) in [5.41, 5.74) is -1.48. The number of rotatable bonds is 5. The minimum Gasteiger partial charge on any atom is -0.390 e. The first-order chi connectivity index (χ1) is 7.95. The maximum Gasteiger partial charge on any atom is 0.435 e. The van der Waals surface area contributed by atoms with Crippen molar-refractivity contribution in [3.8, 4) is 0 Å². The van der Waals surface area contributed by atoms with Gasteiger partial charge in [0, 0.05) is 7.11 Å². The number of hydrogen-bond acceptors (Lipinski definition) is 4. The highest BCUT2D eigenvalue weighted by molar-refractivity contribution is 5.13. The molecular formula is C9H14F3N3O2. The van der Waals surface area contributed by atoms with E-state index < -0.39 is 30.2 Å². The number of alkyl halides is 3. The van der Waals surface area contributed by atoms with Gasteiger partial charge in [-0.05, 0) is 6.42 Å². The molecular weight excluding hydrogens is 239 g/mol. The number of aromatic nitrogens is 3. The van der Waals surface area contributed by atoms with Crippen LogP contribution in [0.15, 0.2) is 0 Å². The first kappa shape index (κ1) is 13.9. The Hall–Kier alpha value is -1.15. The van der Waals surface area contributed by atoms with Gasteiger partial charge in [-0.15, -0.1) is 5.10 Å². The molecule has 0 saturated carbocycles. The molecule has 98 valence electrons. The van der Waals surface area contributed by atoms with Crippen LogP contribution < -0.4 is 0 Å². The van der Waals surface area contributed by atoms with Crippen LogP contribution in [0.2, 0.25) is 0 Å². The number of methoxy groups -OCH3 is 1. The van der Waals surface area contributed by atoms with Crippen LogP contribution in [0.4, 0.5) is 13.2 Å². The van der Waals surface area contributed by atoms with Crippen LogP contribution in [0.1, 0.15) is 30.8 Å². The molecule has 1 rings (SSSR count). The summed E-state index contributed by atoms with van der Waals surface area (Å²) < 4.78 is 44.1. The summed E-state index contributed by atoms with van der Waals surface area (Å²) in [7, 11) is 1.40. The molecule has 0 amide bonds. The maximum atomic E-state index is 12.8. The lowest BCUT2D eigenvalue weighted by molar-refractivity contribution is -0.146. The fourth-order valence-corrected chi connectivity index (χ4v) is 1.54. The van der Waals surface area contributed by atoms with Crippen molar-refractivity contribution >= 4 is 0 Å². The molecule has 0 aliphatic rings. The van der Waals surface area contributed by atoms with Gasteiger partial charge in [-0.2, -0.15) is 13.2 Å². The average molecular weight is 253 g/mol. The van der Waals surface area contributed by atoms with Crippen LogP contribution in [-0.4, -0.2) is 33.8 Å². The predicted molar refractivity (Wildman–Crippen MR) is 52.2 cm³/mol. The number of halogens is 3. The summed E-state index contributed by atoms with van der Waals surface area (Å²) in [5, 5.41) is 15.6. The molecule has 0 bridgehead atoms. The number of nitrogens with zero attached hydrogens (tertiary/aromatic N) is 3. The predicted octanol–water partition coefficient (Wildman–Crippen LogP) is 1.39. The molecule has 0 radical (unpaired) electrons. The van der Waals surface area contributed by atoms with Gasteiger partial charge >= 0.3 is 6.18 Å². The maximum absolute atomic E-state index is 12.8. The minimum absolute atomic E-state index is 0.105. The molecule has 0 spiro atoms. The highest BCUT2D eigenvalue weighted by Crippen LogP contribution is 2.33. The van der Waals surface area contributed by atoms with Gasteiger partial charge in [0.05, 0.1) is 19.3 Å². The molecule has 0 saturated heterocycles. The van der Waals surface area contributed by atoms with Crippen molar-refractivity contribution in [2.75, 3.05) is 13.7 Å². The summed E-state index contributed by atoms with van der Waals surface area (Å²) in [6, 6.07) is -0.551. The van der Waals surface area contributed by atoms with E-state index in [9.17, 15) is 13.2 Å². The second-order valence-corrected chi connectivity index (χ2v) is 3.50. The quantitative estimate of drug-likeness (QED) is 0.861. The smallest absolute Gasteiger partial charge is 0.390 e. The monoisotopic (exact) mass is 253 g/mol. The zero-order chi connectivity index (χ0) is 13.1. The largest absolute Gasteiger partial charge is 0.435 e. The van der Waals surface area contributed by atoms with Gasteiger partial charge in [-0.3, -0.25) is 0 Å². The van der Waals surface area contributed by atoms with E-state index in [1.54, 1.807) is 6.92 Å². The van der Waals surface area contributed by atoms with Gasteiger partial charge in [0.25, 0.3) is 0 Å². The van der Waals surface area contributed by atoms with E-state index in [1.165, 1.54) is 7.11 Å². The van der Waals surface area contributed by atoms with Gasteiger partial charge < -0.3 is 9.84 Å². The molecule has 1 heterocycles. The fraction of sp³-hybridized carbons (Fsp3) is 0.778. The Morgan fingerprint density at radius 1 is 1.47 bits per heavy atom. The molecule has 0 fully saturated rings. The second-order valence-electron chi connectivity index (χ2n) is 3.50. The first-order valence-corrected chi connectivity index (χ1v) is 5.06. The summed E-state index contributed by atoms with van der Waals surface area (Å²) in [4.78, 5) is 0. The Bertz CT molecular complexity index is 365. The molecule has 0 aliphatic carbocycles. The van der Waals surface area contributed by atoms with E-state index in [2.05, 4.69) is 10.3 Å². The zero-order valence-electron chi connectivity index (χ0n) is 9.53. The van der Waals surface area contributed by atoms with E-state index in [-0.39, 0.29) is 6.61 Å². The van der Waals surface area contributed by atoms with Gasteiger partial charge in [0.2, 0.25) is 0 Å².